The monoisotopic (exact) mass is 314 g/mol. The van der Waals surface area contributed by atoms with Gasteiger partial charge >= 0.3 is 0 Å². The molecule has 0 aliphatic carbocycles. The average Bonchev–Trinajstić information content (AvgIpc) is 2.50. The summed E-state index contributed by atoms with van der Waals surface area (Å²) in [5.41, 5.74) is 8.37. The quantitative estimate of drug-likeness (QED) is 0.888. The molecule has 2 aromatic carbocycles. The van der Waals surface area contributed by atoms with E-state index in [1.54, 1.807) is 6.07 Å². The van der Waals surface area contributed by atoms with Crippen LogP contribution in [0.1, 0.15) is 27.0 Å². The summed E-state index contributed by atoms with van der Waals surface area (Å²) in [6.07, 6.45) is 0.261. The van der Waals surface area contributed by atoms with Crippen molar-refractivity contribution in [3.05, 3.63) is 70.5 Å². The normalized spacial score (nSPS) is 11.8. The van der Waals surface area contributed by atoms with Crippen LogP contribution in [0.2, 0.25) is 0 Å². The fourth-order valence-electron chi connectivity index (χ4n) is 2.27. The van der Waals surface area contributed by atoms with E-state index in [2.05, 4.69) is 5.32 Å². The molecule has 3 N–H and O–H groups in total. The highest BCUT2D eigenvalue weighted by Gasteiger charge is 2.21. The van der Waals surface area contributed by atoms with Crippen LogP contribution in [0.5, 0.6) is 0 Å². The Morgan fingerprint density at radius 3 is 2.43 bits per heavy atom. The Kier molecular flexibility index (Phi) is 5.11. The molecule has 0 saturated heterocycles. The predicted molar refractivity (Wildman–Crippen MR) is 86.5 cm³/mol. The highest BCUT2D eigenvalue weighted by molar-refractivity contribution is 5.97. The van der Waals surface area contributed by atoms with Crippen LogP contribution in [0.4, 0.5) is 4.39 Å². The molecule has 23 heavy (non-hydrogen) atoms. The fourth-order valence-corrected chi connectivity index (χ4v) is 2.27. The molecule has 2 amide bonds. The Bertz CT molecular complexity index is 744. The van der Waals surface area contributed by atoms with Crippen molar-refractivity contribution in [2.24, 2.45) is 5.73 Å². The first kappa shape index (κ1) is 16.7. The van der Waals surface area contributed by atoms with Crippen LogP contribution >= 0.6 is 0 Å². The summed E-state index contributed by atoms with van der Waals surface area (Å²) >= 11 is 0. The van der Waals surface area contributed by atoms with Gasteiger partial charge in [0.25, 0.3) is 5.91 Å². The third-order valence-corrected chi connectivity index (χ3v) is 3.78. The zero-order valence-electron chi connectivity index (χ0n) is 13.1. The lowest BCUT2D eigenvalue weighted by atomic mass is 10.0. The maximum absolute atomic E-state index is 13.6. The van der Waals surface area contributed by atoms with Gasteiger partial charge in [-0.25, -0.2) is 4.39 Å². The number of carbonyl (C=O) groups is 2. The third-order valence-electron chi connectivity index (χ3n) is 3.78. The number of amides is 2. The van der Waals surface area contributed by atoms with E-state index >= 15 is 0 Å². The van der Waals surface area contributed by atoms with E-state index in [0.29, 0.717) is 0 Å². The van der Waals surface area contributed by atoms with E-state index in [9.17, 15) is 14.0 Å². The standard InChI is InChI=1S/C18H19FN2O2/c1-11-7-8-13(9-12(11)2)10-16(17(20)22)21-18(23)14-5-3-4-6-15(14)19/h3-9,16H,10H2,1-2H3,(H2,20,22)(H,21,23)/t16-/m0/s1. The van der Waals surface area contributed by atoms with E-state index in [1.165, 1.54) is 18.2 Å². The van der Waals surface area contributed by atoms with Crippen molar-refractivity contribution in [1.82, 2.24) is 5.32 Å². The second kappa shape index (κ2) is 7.05. The summed E-state index contributed by atoms with van der Waals surface area (Å²) in [7, 11) is 0. The Morgan fingerprint density at radius 2 is 1.83 bits per heavy atom. The summed E-state index contributed by atoms with van der Waals surface area (Å²) in [6.45, 7) is 3.96. The molecule has 0 saturated carbocycles. The van der Waals surface area contributed by atoms with Crippen molar-refractivity contribution < 1.29 is 14.0 Å². The van der Waals surface area contributed by atoms with E-state index in [4.69, 9.17) is 5.73 Å². The summed E-state index contributed by atoms with van der Waals surface area (Å²) in [5, 5.41) is 2.50. The van der Waals surface area contributed by atoms with Crippen molar-refractivity contribution in [2.45, 2.75) is 26.3 Å². The van der Waals surface area contributed by atoms with Crippen molar-refractivity contribution in [3.63, 3.8) is 0 Å². The summed E-state index contributed by atoms with van der Waals surface area (Å²) < 4.78 is 13.6. The van der Waals surface area contributed by atoms with Crippen molar-refractivity contribution in [3.8, 4) is 0 Å². The lowest BCUT2D eigenvalue weighted by Gasteiger charge is -2.16. The van der Waals surface area contributed by atoms with Crippen LogP contribution in [0.25, 0.3) is 0 Å². The molecule has 0 radical (unpaired) electrons. The minimum absolute atomic E-state index is 0.112. The summed E-state index contributed by atoms with van der Waals surface area (Å²) in [6, 6.07) is 10.5. The second-order valence-electron chi connectivity index (χ2n) is 5.53. The molecular formula is C18H19FN2O2. The Balaban J connectivity index is 2.16. The van der Waals surface area contributed by atoms with Crippen LogP contribution in [0.3, 0.4) is 0 Å². The molecular weight excluding hydrogens is 295 g/mol. The van der Waals surface area contributed by atoms with E-state index in [-0.39, 0.29) is 12.0 Å². The van der Waals surface area contributed by atoms with Gasteiger partial charge in [0.2, 0.25) is 5.91 Å². The van der Waals surface area contributed by atoms with Gasteiger partial charge < -0.3 is 11.1 Å². The first-order valence-electron chi connectivity index (χ1n) is 7.29. The first-order valence-corrected chi connectivity index (χ1v) is 7.29. The van der Waals surface area contributed by atoms with Gasteiger partial charge in [-0.2, -0.15) is 0 Å². The number of hydrogen-bond donors (Lipinski definition) is 2. The smallest absolute Gasteiger partial charge is 0.254 e. The minimum Gasteiger partial charge on any atom is -0.368 e. The second-order valence-corrected chi connectivity index (χ2v) is 5.53. The highest BCUT2D eigenvalue weighted by Crippen LogP contribution is 2.12. The number of aryl methyl sites for hydroxylation is 2. The van der Waals surface area contributed by atoms with Crippen LogP contribution in [-0.2, 0) is 11.2 Å². The Hall–Kier alpha value is -2.69. The maximum atomic E-state index is 13.6. The molecule has 0 bridgehead atoms. The van der Waals surface area contributed by atoms with Crippen molar-refractivity contribution in [1.29, 1.82) is 0 Å². The van der Waals surface area contributed by atoms with Gasteiger partial charge in [0, 0.05) is 6.42 Å². The number of nitrogens with two attached hydrogens (primary N) is 1. The molecule has 0 aliphatic heterocycles. The fraction of sp³-hybridized carbons (Fsp3) is 0.222. The maximum Gasteiger partial charge on any atom is 0.254 e. The van der Waals surface area contributed by atoms with E-state index < -0.39 is 23.7 Å². The molecule has 0 aromatic heterocycles. The average molecular weight is 314 g/mol. The number of halogens is 1. The summed E-state index contributed by atoms with van der Waals surface area (Å²) in [4.78, 5) is 23.8. The van der Waals surface area contributed by atoms with Gasteiger partial charge in [0.15, 0.2) is 0 Å². The molecule has 0 heterocycles. The molecule has 5 heteroatoms. The van der Waals surface area contributed by atoms with Crippen molar-refractivity contribution in [2.75, 3.05) is 0 Å². The van der Waals surface area contributed by atoms with Gasteiger partial charge in [-0.3, -0.25) is 9.59 Å². The molecule has 1 atom stereocenters. The third kappa shape index (κ3) is 4.16. The number of rotatable bonds is 5. The van der Waals surface area contributed by atoms with Gasteiger partial charge in [-0.05, 0) is 42.7 Å². The van der Waals surface area contributed by atoms with Gasteiger partial charge in [-0.1, -0.05) is 30.3 Å². The van der Waals surface area contributed by atoms with Crippen LogP contribution in [-0.4, -0.2) is 17.9 Å². The molecule has 0 spiro atoms. The SMILES string of the molecule is Cc1ccc(C[C@H](NC(=O)c2ccccc2F)C(N)=O)cc1C. The summed E-state index contributed by atoms with van der Waals surface area (Å²) in [5.74, 6) is -1.96. The largest absolute Gasteiger partial charge is 0.368 e. The van der Waals surface area contributed by atoms with E-state index in [1.807, 2.05) is 32.0 Å². The van der Waals surface area contributed by atoms with Gasteiger partial charge in [-0.15, -0.1) is 0 Å². The zero-order valence-corrected chi connectivity index (χ0v) is 13.1. The van der Waals surface area contributed by atoms with Gasteiger partial charge in [0.1, 0.15) is 11.9 Å². The van der Waals surface area contributed by atoms with E-state index in [0.717, 1.165) is 16.7 Å². The first-order chi connectivity index (χ1) is 10.9. The Labute approximate surface area is 134 Å². The highest BCUT2D eigenvalue weighted by atomic mass is 19.1. The molecule has 120 valence electrons. The molecule has 0 aliphatic rings. The number of benzene rings is 2. The molecule has 0 unspecified atom stereocenters. The molecule has 4 nitrogen and oxygen atoms in total. The molecule has 2 aromatic rings. The molecule has 2 rings (SSSR count). The number of hydrogen-bond acceptors (Lipinski definition) is 2. The van der Waals surface area contributed by atoms with Crippen LogP contribution in [0.15, 0.2) is 42.5 Å². The number of primary amides is 1. The predicted octanol–water partition coefficient (Wildman–Crippen LogP) is 2.27. The number of nitrogens with one attached hydrogen (secondary N) is 1. The Morgan fingerprint density at radius 1 is 1.13 bits per heavy atom. The van der Waals surface area contributed by atoms with Crippen molar-refractivity contribution >= 4 is 11.8 Å². The minimum atomic E-state index is -0.899. The number of carbonyl (C=O) groups excluding carboxylic acids is 2. The lowest BCUT2D eigenvalue weighted by Crippen LogP contribution is -2.46. The zero-order chi connectivity index (χ0) is 17.0. The van der Waals surface area contributed by atoms with Crippen LogP contribution < -0.4 is 11.1 Å². The topological polar surface area (TPSA) is 72.2 Å². The van der Waals surface area contributed by atoms with Crippen LogP contribution in [0, 0.1) is 19.7 Å². The molecule has 0 fully saturated rings. The van der Waals surface area contributed by atoms with Gasteiger partial charge in [0.05, 0.1) is 5.56 Å². The lowest BCUT2D eigenvalue weighted by molar-refractivity contribution is -0.119.